The zero-order chi connectivity index (χ0) is 17.2. The predicted octanol–water partition coefficient (Wildman–Crippen LogP) is 2.57. The zero-order valence-electron chi connectivity index (χ0n) is 15.5. The Kier molecular flexibility index (Phi) is 7.15. The summed E-state index contributed by atoms with van der Waals surface area (Å²) < 4.78 is 0. The molecular weight excluding hydrogens is 338 g/mol. The first-order valence-electron chi connectivity index (χ1n) is 9.83. The van der Waals surface area contributed by atoms with Gasteiger partial charge < -0.3 is 15.5 Å². The van der Waals surface area contributed by atoms with Gasteiger partial charge in [-0.3, -0.25) is 9.59 Å². The van der Waals surface area contributed by atoms with Gasteiger partial charge in [0, 0.05) is 38.1 Å². The van der Waals surface area contributed by atoms with Crippen LogP contribution in [0.15, 0.2) is 0 Å². The van der Waals surface area contributed by atoms with Crippen molar-refractivity contribution in [1.82, 2.24) is 9.80 Å². The molecule has 2 aliphatic heterocycles. The minimum atomic E-state index is -0.341. The molecular formula is C19H34ClN3O2. The molecule has 0 radical (unpaired) electrons. The average Bonchev–Trinajstić information content (AvgIpc) is 2.57. The van der Waals surface area contributed by atoms with Crippen molar-refractivity contribution in [3.05, 3.63) is 0 Å². The second kappa shape index (κ2) is 8.72. The highest BCUT2D eigenvalue weighted by Gasteiger charge is 2.40. The number of likely N-dealkylation sites (tertiary alicyclic amines) is 2. The van der Waals surface area contributed by atoms with Crippen LogP contribution < -0.4 is 5.73 Å². The maximum Gasteiger partial charge on any atom is 0.227 e. The van der Waals surface area contributed by atoms with E-state index in [4.69, 9.17) is 5.73 Å². The molecule has 25 heavy (non-hydrogen) atoms. The van der Waals surface area contributed by atoms with Crippen LogP contribution in [-0.4, -0.2) is 53.3 Å². The molecule has 0 spiro atoms. The smallest absolute Gasteiger partial charge is 0.227 e. The van der Waals surface area contributed by atoms with E-state index in [1.54, 1.807) is 0 Å². The lowest BCUT2D eigenvalue weighted by atomic mass is 9.73. The molecule has 0 aromatic rings. The van der Waals surface area contributed by atoms with Crippen LogP contribution in [0, 0.1) is 11.8 Å². The number of nitrogens with zero attached hydrogens (tertiary/aromatic N) is 2. The number of hydrogen-bond acceptors (Lipinski definition) is 3. The van der Waals surface area contributed by atoms with Crippen molar-refractivity contribution in [3.8, 4) is 0 Å². The van der Waals surface area contributed by atoms with Crippen LogP contribution in [0.25, 0.3) is 0 Å². The maximum absolute atomic E-state index is 12.9. The van der Waals surface area contributed by atoms with Gasteiger partial charge in [0.25, 0.3) is 0 Å². The van der Waals surface area contributed by atoms with Gasteiger partial charge in [-0.25, -0.2) is 0 Å². The highest BCUT2D eigenvalue weighted by atomic mass is 35.5. The van der Waals surface area contributed by atoms with Crippen LogP contribution in [-0.2, 0) is 9.59 Å². The molecule has 2 heterocycles. The van der Waals surface area contributed by atoms with E-state index in [0.717, 1.165) is 77.5 Å². The fraction of sp³-hybridized carbons (Fsp3) is 0.895. The molecule has 2 N–H and O–H groups in total. The van der Waals surface area contributed by atoms with Gasteiger partial charge in [0.2, 0.25) is 11.8 Å². The largest absolute Gasteiger partial charge is 0.342 e. The molecule has 6 heteroatoms. The second-order valence-corrected chi connectivity index (χ2v) is 8.37. The first-order chi connectivity index (χ1) is 11.5. The Labute approximate surface area is 158 Å². The zero-order valence-corrected chi connectivity index (χ0v) is 16.4. The van der Waals surface area contributed by atoms with Gasteiger partial charge in [-0.2, -0.15) is 0 Å². The average molecular weight is 372 g/mol. The molecule has 2 amide bonds. The number of hydrogen-bond donors (Lipinski definition) is 1. The van der Waals surface area contributed by atoms with Gasteiger partial charge in [-0.15, -0.1) is 12.4 Å². The highest BCUT2D eigenvalue weighted by Crippen LogP contribution is 2.34. The summed E-state index contributed by atoms with van der Waals surface area (Å²) in [4.78, 5) is 28.9. The SMILES string of the molecule is CC1(N)CCCCC1C(=O)N1CCC(CN2CCCCC2=O)CC1.Cl. The molecule has 0 aromatic heterocycles. The van der Waals surface area contributed by atoms with Crippen LogP contribution in [0.4, 0.5) is 0 Å². The molecule has 1 saturated carbocycles. The van der Waals surface area contributed by atoms with Crippen molar-refractivity contribution in [2.24, 2.45) is 17.6 Å². The molecule has 2 unspecified atom stereocenters. The Balaban J connectivity index is 0.00000225. The highest BCUT2D eigenvalue weighted by molar-refractivity contribution is 5.85. The van der Waals surface area contributed by atoms with E-state index in [1.807, 2.05) is 16.7 Å². The van der Waals surface area contributed by atoms with Crippen molar-refractivity contribution in [1.29, 1.82) is 0 Å². The van der Waals surface area contributed by atoms with Gasteiger partial charge in [0.1, 0.15) is 0 Å². The van der Waals surface area contributed by atoms with Crippen LogP contribution in [0.2, 0.25) is 0 Å². The number of amides is 2. The molecule has 3 rings (SSSR count). The van der Waals surface area contributed by atoms with Crippen molar-refractivity contribution in [2.75, 3.05) is 26.2 Å². The van der Waals surface area contributed by atoms with E-state index in [9.17, 15) is 9.59 Å². The van der Waals surface area contributed by atoms with Gasteiger partial charge in [-0.05, 0) is 51.4 Å². The Morgan fingerprint density at radius 1 is 1.12 bits per heavy atom. The topological polar surface area (TPSA) is 66.6 Å². The summed E-state index contributed by atoms with van der Waals surface area (Å²) in [6, 6.07) is 0. The lowest BCUT2D eigenvalue weighted by Gasteiger charge is -2.42. The molecule has 144 valence electrons. The third-order valence-electron chi connectivity index (χ3n) is 6.38. The number of nitrogens with two attached hydrogens (primary N) is 1. The van der Waals surface area contributed by atoms with Crippen LogP contribution in [0.3, 0.4) is 0 Å². The Morgan fingerprint density at radius 3 is 2.48 bits per heavy atom. The van der Waals surface area contributed by atoms with E-state index in [0.29, 0.717) is 18.2 Å². The van der Waals surface area contributed by atoms with Crippen molar-refractivity contribution < 1.29 is 9.59 Å². The summed E-state index contributed by atoms with van der Waals surface area (Å²) in [7, 11) is 0. The number of carbonyl (C=O) groups excluding carboxylic acids is 2. The normalized spacial score (nSPS) is 31.6. The molecule has 5 nitrogen and oxygen atoms in total. The van der Waals surface area contributed by atoms with E-state index in [-0.39, 0.29) is 29.8 Å². The summed E-state index contributed by atoms with van der Waals surface area (Å²) in [5.41, 5.74) is 6.06. The first-order valence-corrected chi connectivity index (χ1v) is 9.83. The van der Waals surface area contributed by atoms with Crippen LogP contribution in [0.5, 0.6) is 0 Å². The van der Waals surface area contributed by atoms with Crippen molar-refractivity contribution in [3.63, 3.8) is 0 Å². The molecule has 0 aromatic carbocycles. The predicted molar refractivity (Wildman–Crippen MR) is 102 cm³/mol. The lowest BCUT2D eigenvalue weighted by Crippen LogP contribution is -2.55. The third kappa shape index (κ3) is 4.88. The fourth-order valence-corrected chi connectivity index (χ4v) is 4.69. The summed E-state index contributed by atoms with van der Waals surface area (Å²) >= 11 is 0. The molecule has 3 fully saturated rings. The Bertz CT molecular complexity index is 475. The molecule has 1 aliphatic carbocycles. The quantitative estimate of drug-likeness (QED) is 0.829. The summed E-state index contributed by atoms with van der Waals surface area (Å²) in [5, 5.41) is 0. The summed E-state index contributed by atoms with van der Waals surface area (Å²) in [5.74, 6) is 1.13. The van der Waals surface area contributed by atoms with Crippen molar-refractivity contribution >= 4 is 24.2 Å². The van der Waals surface area contributed by atoms with Gasteiger partial charge in [0.05, 0.1) is 5.92 Å². The number of carbonyl (C=O) groups is 2. The summed E-state index contributed by atoms with van der Waals surface area (Å²) in [6.07, 6.45) is 9.09. The maximum atomic E-state index is 12.9. The number of halogens is 1. The monoisotopic (exact) mass is 371 g/mol. The fourth-order valence-electron chi connectivity index (χ4n) is 4.69. The van der Waals surface area contributed by atoms with Gasteiger partial charge in [0.15, 0.2) is 0 Å². The molecule has 3 aliphatic rings. The standard InChI is InChI=1S/C19H33N3O2.ClH/c1-19(20)10-4-2-6-16(19)18(24)21-12-8-15(9-13-21)14-22-11-5-3-7-17(22)23;/h15-16H,2-14,20H2,1H3;1H. The van der Waals surface area contributed by atoms with E-state index in [2.05, 4.69) is 0 Å². The van der Waals surface area contributed by atoms with Crippen LogP contribution >= 0.6 is 12.4 Å². The molecule has 0 bridgehead atoms. The number of rotatable bonds is 3. The molecule has 2 saturated heterocycles. The lowest BCUT2D eigenvalue weighted by molar-refractivity contribution is -0.141. The van der Waals surface area contributed by atoms with E-state index in [1.165, 1.54) is 0 Å². The molecule has 2 atom stereocenters. The van der Waals surface area contributed by atoms with Crippen molar-refractivity contribution in [2.45, 2.75) is 70.3 Å². The first kappa shape index (κ1) is 20.5. The summed E-state index contributed by atoms with van der Waals surface area (Å²) in [6.45, 7) is 5.52. The Morgan fingerprint density at radius 2 is 1.84 bits per heavy atom. The van der Waals surface area contributed by atoms with Gasteiger partial charge in [-0.1, -0.05) is 12.8 Å². The minimum absolute atomic E-state index is 0. The number of piperidine rings is 2. The minimum Gasteiger partial charge on any atom is -0.342 e. The Hall–Kier alpha value is -0.810. The van der Waals surface area contributed by atoms with Gasteiger partial charge >= 0.3 is 0 Å². The third-order valence-corrected chi connectivity index (χ3v) is 6.38. The van der Waals surface area contributed by atoms with E-state index < -0.39 is 0 Å². The van der Waals surface area contributed by atoms with Crippen LogP contribution in [0.1, 0.15) is 64.7 Å². The second-order valence-electron chi connectivity index (χ2n) is 8.37. The van der Waals surface area contributed by atoms with E-state index >= 15 is 0 Å².